The zero-order valence-electron chi connectivity index (χ0n) is 16.6. The van der Waals surface area contributed by atoms with Crippen LogP contribution in [-0.2, 0) is 11.3 Å². The third-order valence-electron chi connectivity index (χ3n) is 4.90. The van der Waals surface area contributed by atoms with E-state index in [0.29, 0.717) is 10.2 Å². The van der Waals surface area contributed by atoms with Gasteiger partial charge in [0.1, 0.15) is 10.6 Å². The van der Waals surface area contributed by atoms with Crippen molar-refractivity contribution in [3.8, 4) is 11.1 Å². The minimum absolute atomic E-state index is 0.0322. The van der Waals surface area contributed by atoms with Gasteiger partial charge in [-0.15, -0.1) is 11.3 Å². The summed E-state index contributed by atoms with van der Waals surface area (Å²) in [5, 5.41) is 5.05. The molecule has 0 aliphatic carbocycles. The van der Waals surface area contributed by atoms with Gasteiger partial charge in [0.05, 0.1) is 17.4 Å². The SMILES string of the molecule is Cc1ccc(-c2csc3ncn(CCC(=O)Nc4cc(C)ccc4F)c(=O)c23)cc1. The first-order valence-electron chi connectivity index (χ1n) is 9.52. The number of aryl methyl sites for hydroxylation is 3. The lowest BCUT2D eigenvalue weighted by atomic mass is 10.1. The van der Waals surface area contributed by atoms with Crippen LogP contribution in [0.4, 0.5) is 10.1 Å². The Hall–Kier alpha value is -3.32. The Morgan fingerprint density at radius 2 is 1.87 bits per heavy atom. The fourth-order valence-corrected chi connectivity index (χ4v) is 4.15. The van der Waals surface area contributed by atoms with Crippen molar-refractivity contribution in [2.75, 3.05) is 5.32 Å². The van der Waals surface area contributed by atoms with Gasteiger partial charge >= 0.3 is 0 Å². The first kappa shape index (κ1) is 20.0. The van der Waals surface area contributed by atoms with Crippen molar-refractivity contribution in [3.05, 3.63) is 81.5 Å². The van der Waals surface area contributed by atoms with Crippen molar-refractivity contribution in [2.45, 2.75) is 26.8 Å². The molecule has 2 heterocycles. The molecule has 152 valence electrons. The second-order valence-corrected chi connectivity index (χ2v) is 8.08. The number of amides is 1. The highest BCUT2D eigenvalue weighted by Gasteiger charge is 2.14. The highest BCUT2D eigenvalue weighted by molar-refractivity contribution is 7.17. The van der Waals surface area contributed by atoms with E-state index in [2.05, 4.69) is 10.3 Å². The minimum Gasteiger partial charge on any atom is -0.324 e. The Morgan fingerprint density at radius 1 is 1.13 bits per heavy atom. The van der Waals surface area contributed by atoms with E-state index >= 15 is 0 Å². The highest BCUT2D eigenvalue weighted by Crippen LogP contribution is 2.30. The first-order valence-corrected chi connectivity index (χ1v) is 10.4. The van der Waals surface area contributed by atoms with Gasteiger partial charge < -0.3 is 5.32 Å². The molecule has 0 radical (unpaired) electrons. The number of benzene rings is 2. The van der Waals surface area contributed by atoms with Gasteiger partial charge in [-0.3, -0.25) is 14.2 Å². The Bertz CT molecular complexity index is 1290. The van der Waals surface area contributed by atoms with E-state index in [1.165, 1.54) is 28.3 Å². The molecule has 0 unspecified atom stereocenters. The van der Waals surface area contributed by atoms with Gasteiger partial charge in [-0.1, -0.05) is 35.9 Å². The van der Waals surface area contributed by atoms with E-state index in [9.17, 15) is 14.0 Å². The van der Waals surface area contributed by atoms with Gasteiger partial charge in [-0.05, 0) is 37.1 Å². The Morgan fingerprint density at radius 3 is 2.63 bits per heavy atom. The molecule has 30 heavy (non-hydrogen) atoms. The molecule has 1 amide bonds. The molecule has 4 rings (SSSR count). The van der Waals surface area contributed by atoms with E-state index in [4.69, 9.17) is 0 Å². The van der Waals surface area contributed by atoms with E-state index in [1.54, 1.807) is 12.1 Å². The van der Waals surface area contributed by atoms with Crippen LogP contribution in [-0.4, -0.2) is 15.5 Å². The fourth-order valence-electron chi connectivity index (χ4n) is 3.24. The van der Waals surface area contributed by atoms with E-state index in [-0.39, 0.29) is 30.1 Å². The second kappa shape index (κ2) is 8.20. The van der Waals surface area contributed by atoms with Crippen molar-refractivity contribution in [3.63, 3.8) is 0 Å². The molecule has 2 aromatic heterocycles. The maximum absolute atomic E-state index is 13.8. The number of aromatic nitrogens is 2. The highest BCUT2D eigenvalue weighted by atomic mass is 32.1. The van der Waals surface area contributed by atoms with Crippen LogP contribution in [0.3, 0.4) is 0 Å². The fraction of sp³-hybridized carbons (Fsp3) is 0.174. The summed E-state index contributed by atoms with van der Waals surface area (Å²) in [5.74, 6) is -0.856. The summed E-state index contributed by atoms with van der Waals surface area (Å²) in [6.45, 7) is 3.99. The normalized spacial score (nSPS) is 11.0. The van der Waals surface area contributed by atoms with Crippen LogP contribution in [0.15, 0.2) is 59.0 Å². The van der Waals surface area contributed by atoms with Crippen LogP contribution >= 0.6 is 11.3 Å². The molecule has 2 aromatic carbocycles. The first-order chi connectivity index (χ1) is 14.4. The number of nitrogens with zero attached hydrogens (tertiary/aromatic N) is 2. The number of anilines is 1. The summed E-state index contributed by atoms with van der Waals surface area (Å²) in [7, 11) is 0. The predicted octanol–water partition coefficient (Wildman–Crippen LogP) is 4.91. The molecule has 0 fully saturated rings. The number of nitrogens with one attached hydrogen (secondary N) is 1. The maximum Gasteiger partial charge on any atom is 0.262 e. The average molecular weight is 421 g/mol. The quantitative estimate of drug-likeness (QED) is 0.498. The number of hydrogen-bond donors (Lipinski definition) is 1. The monoisotopic (exact) mass is 421 g/mol. The van der Waals surface area contributed by atoms with Gasteiger partial charge in [-0.2, -0.15) is 0 Å². The smallest absolute Gasteiger partial charge is 0.262 e. The number of rotatable bonds is 5. The summed E-state index contributed by atoms with van der Waals surface area (Å²) in [6, 6.07) is 12.5. The molecule has 7 heteroatoms. The number of carbonyl (C=O) groups excluding carboxylic acids is 1. The average Bonchev–Trinajstić information content (AvgIpc) is 3.16. The van der Waals surface area contributed by atoms with Gasteiger partial charge in [-0.25, -0.2) is 9.37 Å². The number of carbonyl (C=O) groups is 1. The third-order valence-corrected chi connectivity index (χ3v) is 5.79. The lowest BCUT2D eigenvalue weighted by Gasteiger charge is -2.09. The standard InChI is InChI=1S/C23H20FN3O2S/c1-14-3-6-16(7-4-14)17-12-30-22-21(17)23(29)27(13-25-22)10-9-20(28)26-19-11-15(2)5-8-18(19)24/h3-8,11-13H,9-10H2,1-2H3,(H,26,28). The predicted molar refractivity (Wildman–Crippen MR) is 118 cm³/mol. The zero-order chi connectivity index (χ0) is 21.3. The van der Waals surface area contributed by atoms with Crippen molar-refractivity contribution in [1.29, 1.82) is 0 Å². The topological polar surface area (TPSA) is 64.0 Å². The van der Waals surface area contributed by atoms with Crippen LogP contribution in [0.25, 0.3) is 21.3 Å². The molecule has 0 atom stereocenters. The number of thiophene rings is 1. The van der Waals surface area contributed by atoms with E-state index in [1.807, 2.05) is 43.5 Å². The largest absolute Gasteiger partial charge is 0.324 e. The number of hydrogen-bond acceptors (Lipinski definition) is 4. The second-order valence-electron chi connectivity index (χ2n) is 7.22. The molecule has 5 nitrogen and oxygen atoms in total. The lowest BCUT2D eigenvalue weighted by molar-refractivity contribution is -0.116. The molecule has 0 saturated carbocycles. The molecular weight excluding hydrogens is 401 g/mol. The summed E-state index contributed by atoms with van der Waals surface area (Å²) < 4.78 is 15.3. The summed E-state index contributed by atoms with van der Waals surface area (Å²) in [4.78, 5) is 30.4. The maximum atomic E-state index is 13.8. The van der Waals surface area contributed by atoms with Crippen LogP contribution < -0.4 is 10.9 Å². The van der Waals surface area contributed by atoms with Crippen molar-refractivity contribution >= 4 is 33.1 Å². The molecule has 0 aliphatic heterocycles. The van der Waals surface area contributed by atoms with E-state index < -0.39 is 5.82 Å². The molecule has 4 aromatic rings. The van der Waals surface area contributed by atoms with E-state index in [0.717, 1.165) is 22.3 Å². The molecule has 0 aliphatic rings. The number of fused-ring (bicyclic) bond motifs is 1. The van der Waals surface area contributed by atoms with Crippen LogP contribution in [0, 0.1) is 19.7 Å². The van der Waals surface area contributed by atoms with Gasteiger partial charge in [0, 0.05) is 23.9 Å². The molecule has 1 N–H and O–H groups in total. The Balaban J connectivity index is 1.56. The van der Waals surface area contributed by atoms with Gasteiger partial charge in [0.25, 0.3) is 5.56 Å². The lowest BCUT2D eigenvalue weighted by Crippen LogP contribution is -2.23. The zero-order valence-corrected chi connectivity index (χ0v) is 17.4. The molecule has 0 spiro atoms. The van der Waals surface area contributed by atoms with Gasteiger partial charge in [0.2, 0.25) is 5.91 Å². The molecular formula is C23H20FN3O2S. The number of halogens is 1. The van der Waals surface area contributed by atoms with Crippen LogP contribution in [0.1, 0.15) is 17.5 Å². The summed E-state index contributed by atoms with van der Waals surface area (Å²) >= 11 is 1.42. The van der Waals surface area contributed by atoms with Crippen molar-refractivity contribution in [2.24, 2.45) is 0 Å². The molecule has 0 saturated heterocycles. The van der Waals surface area contributed by atoms with Crippen LogP contribution in [0.5, 0.6) is 0 Å². The van der Waals surface area contributed by atoms with Crippen molar-refractivity contribution < 1.29 is 9.18 Å². The summed E-state index contributed by atoms with van der Waals surface area (Å²) in [6.07, 6.45) is 1.49. The third kappa shape index (κ3) is 4.02. The van der Waals surface area contributed by atoms with Crippen LogP contribution in [0.2, 0.25) is 0 Å². The Kier molecular flexibility index (Phi) is 5.46. The minimum atomic E-state index is -0.491. The van der Waals surface area contributed by atoms with Gasteiger partial charge in [0.15, 0.2) is 0 Å². The summed E-state index contributed by atoms with van der Waals surface area (Å²) in [5.41, 5.74) is 3.74. The Labute approximate surface area is 176 Å². The van der Waals surface area contributed by atoms with Crippen molar-refractivity contribution in [1.82, 2.24) is 9.55 Å². The molecule has 0 bridgehead atoms.